The zero-order valence-electron chi connectivity index (χ0n) is 9.26. The molecule has 4 rings (SSSR count). The van der Waals surface area contributed by atoms with E-state index in [4.69, 9.17) is 0 Å². The fourth-order valence-corrected chi connectivity index (χ4v) is 5.22. The summed E-state index contributed by atoms with van der Waals surface area (Å²) in [7, 11) is 0. The molecule has 4 saturated carbocycles. The Balaban J connectivity index is 1.89. The third-order valence-corrected chi connectivity index (χ3v) is 4.93. The van der Waals surface area contributed by atoms with Crippen molar-refractivity contribution in [3.8, 4) is 0 Å². The van der Waals surface area contributed by atoms with Crippen LogP contribution in [0.15, 0.2) is 0 Å². The molecule has 80 valence electrons. The molecule has 4 aliphatic rings. The maximum Gasteiger partial charge on any atom is 0.0658 e. The number of hydrogen-bond donors (Lipinski definition) is 1. The summed E-state index contributed by atoms with van der Waals surface area (Å²) in [5.74, 6) is 1.74. The van der Waals surface area contributed by atoms with Crippen LogP contribution in [0.4, 0.5) is 0 Å². The highest BCUT2D eigenvalue weighted by atomic mass is 16.3. The topological polar surface area (TPSA) is 20.2 Å². The molecule has 4 aliphatic carbocycles. The largest absolute Gasteiger partial charge is 0.390 e. The van der Waals surface area contributed by atoms with Crippen molar-refractivity contribution in [2.24, 2.45) is 17.3 Å². The van der Waals surface area contributed by atoms with Gasteiger partial charge < -0.3 is 5.11 Å². The van der Waals surface area contributed by atoms with Gasteiger partial charge in [-0.2, -0.15) is 0 Å². The molecule has 0 heterocycles. The average Bonchev–Trinajstić information content (AvgIpc) is 1.97. The van der Waals surface area contributed by atoms with E-state index in [1.54, 1.807) is 0 Å². The summed E-state index contributed by atoms with van der Waals surface area (Å²) in [6.07, 6.45) is 10.3. The smallest absolute Gasteiger partial charge is 0.0658 e. The van der Waals surface area contributed by atoms with Crippen LogP contribution in [-0.4, -0.2) is 10.7 Å². The fourth-order valence-electron chi connectivity index (χ4n) is 5.22. The highest BCUT2D eigenvalue weighted by Crippen LogP contribution is 2.63. The zero-order valence-corrected chi connectivity index (χ0v) is 9.26. The number of rotatable bonds is 2. The molecule has 0 aromatic rings. The van der Waals surface area contributed by atoms with Crippen LogP contribution in [0.5, 0.6) is 0 Å². The first-order valence-corrected chi connectivity index (χ1v) is 6.36. The Bertz CT molecular complexity index is 232. The molecule has 2 unspecified atom stereocenters. The monoisotopic (exact) mass is 194 g/mol. The van der Waals surface area contributed by atoms with Crippen LogP contribution < -0.4 is 0 Å². The molecule has 0 aromatic heterocycles. The summed E-state index contributed by atoms with van der Waals surface area (Å²) in [6.45, 7) is 2.29. The molecular weight excluding hydrogens is 172 g/mol. The lowest BCUT2D eigenvalue weighted by Gasteiger charge is -2.60. The Morgan fingerprint density at radius 2 is 1.79 bits per heavy atom. The predicted octanol–water partition coefficient (Wildman–Crippen LogP) is 3.12. The first-order valence-electron chi connectivity index (χ1n) is 6.36. The molecule has 1 nitrogen and oxygen atoms in total. The van der Waals surface area contributed by atoms with Crippen molar-refractivity contribution in [1.82, 2.24) is 0 Å². The molecule has 0 aromatic carbocycles. The van der Waals surface area contributed by atoms with Crippen LogP contribution in [-0.2, 0) is 0 Å². The van der Waals surface area contributed by atoms with Gasteiger partial charge in [-0.15, -0.1) is 0 Å². The van der Waals surface area contributed by atoms with Crippen molar-refractivity contribution in [2.75, 3.05) is 0 Å². The second-order valence-corrected chi connectivity index (χ2v) is 6.44. The lowest BCUT2D eigenvalue weighted by atomic mass is 9.47. The van der Waals surface area contributed by atoms with Gasteiger partial charge in [-0.25, -0.2) is 0 Å². The second kappa shape index (κ2) is 2.75. The van der Waals surface area contributed by atoms with Crippen LogP contribution in [0, 0.1) is 17.3 Å². The third kappa shape index (κ3) is 1.25. The molecule has 0 spiro atoms. The molecule has 4 fully saturated rings. The van der Waals surface area contributed by atoms with Gasteiger partial charge in [0.1, 0.15) is 0 Å². The molecule has 1 N–H and O–H groups in total. The average molecular weight is 194 g/mol. The van der Waals surface area contributed by atoms with Gasteiger partial charge in [-0.1, -0.05) is 13.3 Å². The number of hydrogen-bond acceptors (Lipinski definition) is 1. The van der Waals surface area contributed by atoms with E-state index in [0.29, 0.717) is 5.41 Å². The maximum absolute atomic E-state index is 10.5. The van der Waals surface area contributed by atoms with E-state index in [9.17, 15) is 5.11 Å². The van der Waals surface area contributed by atoms with Crippen molar-refractivity contribution < 1.29 is 5.11 Å². The minimum absolute atomic E-state index is 0.237. The van der Waals surface area contributed by atoms with Gasteiger partial charge >= 0.3 is 0 Å². The van der Waals surface area contributed by atoms with E-state index >= 15 is 0 Å². The normalized spacial score (nSPS) is 55.3. The zero-order chi connectivity index (χ0) is 9.81. The van der Waals surface area contributed by atoms with Crippen LogP contribution in [0.25, 0.3) is 0 Å². The van der Waals surface area contributed by atoms with Crippen molar-refractivity contribution in [2.45, 2.75) is 63.9 Å². The van der Waals surface area contributed by atoms with Gasteiger partial charge in [0.25, 0.3) is 0 Å². The van der Waals surface area contributed by atoms with Crippen molar-refractivity contribution in [3.05, 3.63) is 0 Å². The lowest BCUT2D eigenvalue weighted by Crippen LogP contribution is -2.55. The Hall–Kier alpha value is -0.0400. The summed E-state index contributed by atoms with van der Waals surface area (Å²) in [5.41, 5.74) is 0.326. The fraction of sp³-hybridized carbons (Fsp3) is 1.00. The van der Waals surface area contributed by atoms with Gasteiger partial charge in [0.2, 0.25) is 0 Å². The minimum atomic E-state index is -0.237. The van der Waals surface area contributed by atoms with Gasteiger partial charge in [-0.3, -0.25) is 0 Å². The molecule has 1 heteroatoms. The molecular formula is C13H22O. The summed E-state index contributed by atoms with van der Waals surface area (Å²) in [4.78, 5) is 0. The second-order valence-electron chi connectivity index (χ2n) is 6.44. The predicted molar refractivity (Wildman–Crippen MR) is 57.0 cm³/mol. The van der Waals surface area contributed by atoms with Crippen molar-refractivity contribution in [1.29, 1.82) is 0 Å². The van der Waals surface area contributed by atoms with Crippen molar-refractivity contribution >= 4 is 0 Å². The quantitative estimate of drug-likeness (QED) is 0.716. The summed E-state index contributed by atoms with van der Waals surface area (Å²) in [6, 6.07) is 0. The van der Waals surface area contributed by atoms with Gasteiger partial charge in [0.15, 0.2) is 0 Å². The molecule has 0 aliphatic heterocycles. The van der Waals surface area contributed by atoms with E-state index in [1.165, 1.54) is 32.1 Å². The SMILES string of the molecule is CCCC12CC3CC(CC(O)(C3)C1)C2. The molecule has 2 atom stereocenters. The van der Waals surface area contributed by atoms with Crippen LogP contribution in [0.2, 0.25) is 0 Å². The molecule has 4 bridgehead atoms. The van der Waals surface area contributed by atoms with Gasteiger partial charge in [0, 0.05) is 0 Å². The van der Waals surface area contributed by atoms with Gasteiger partial charge in [-0.05, 0) is 62.2 Å². The van der Waals surface area contributed by atoms with Crippen LogP contribution >= 0.6 is 0 Å². The molecule has 14 heavy (non-hydrogen) atoms. The van der Waals surface area contributed by atoms with Crippen LogP contribution in [0.3, 0.4) is 0 Å². The molecule has 0 saturated heterocycles. The Kier molecular flexibility index (Phi) is 1.81. The highest BCUT2D eigenvalue weighted by molar-refractivity contribution is 5.07. The first kappa shape index (κ1) is 9.21. The van der Waals surface area contributed by atoms with E-state index in [1.807, 2.05) is 0 Å². The Morgan fingerprint density at radius 1 is 1.14 bits per heavy atom. The lowest BCUT2D eigenvalue weighted by molar-refractivity contribution is -0.165. The van der Waals surface area contributed by atoms with Crippen molar-refractivity contribution in [3.63, 3.8) is 0 Å². The minimum Gasteiger partial charge on any atom is -0.390 e. The Labute approximate surface area is 86.9 Å². The highest BCUT2D eigenvalue weighted by Gasteiger charge is 2.56. The van der Waals surface area contributed by atoms with E-state index in [-0.39, 0.29) is 5.60 Å². The van der Waals surface area contributed by atoms with Gasteiger partial charge in [0.05, 0.1) is 5.60 Å². The van der Waals surface area contributed by atoms with E-state index < -0.39 is 0 Å². The molecule has 0 amide bonds. The summed E-state index contributed by atoms with van der Waals surface area (Å²) < 4.78 is 0. The standard InChI is InChI=1S/C13H22O/c1-2-3-12-5-10-4-11(6-12)8-13(14,7-10)9-12/h10-11,14H,2-9H2,1H3. The third-order valence-electron chi connectivity index (χ3n) is 4.93. The summed E-state index contributed by atoms with van der Waals surface area (Å²) >= 11 is 0. The van der Waals surface area contributed by atoms with Crippen LogP contribution in [0.1, 0.15) is 58.3 Å². The summed E-state index contributed by atoms with van der Waals surface area (Å²) in [5, 5.41) is 10.5. The van der Waals surface area contributed by atoms with E-state index in [2.05, 4.69) is 6.92 Å². The Morgan fingerprint density at radius 3 is 2.29 bits per heavy atom. The maximum atomic E-state index is 10.5. The molecule has 0 radical (unpaired) electrons. The first-order chi connectivity index (χ1) is 6.63. The van der Waals surface area contributed by atoms with E-state index in [0.717, 1.165) is 31.1 Å². The number of aliphatic hydroxyl groups is 1.